The SMILES string of the molecule is CCC(C)(C)NC(=O)COc1ccc(C(C)NC)cc1. The molecular weight excluding hydrogens is 252 g/mol. The molecule has 0 fully saturated rings. The van der Waals surface area contributed by atoms with E-state index in [-0.39, 0.29) is 18.1 Å². The van der Waals surface area contributed by atoms with Gasteiger partial charge in [-0.3, -0.25) is 4.79 Å². The molecule has 4 heteroatoms. The molecule has 0 bridgehead atoms. The van der Waals surface area contributed by atoms with Gasteiger partial charge in [0, 0.05) is 11.6 Å². The third-order valence-corrected chi connectivity index (χ3v) is 3.54. The maximum absolute atomic E-state index is 11.8. The number of benzene rings is 1. The molecular formula is C16H26N2O2. The molecule has 0 aliphatic carbocycles. The van der Waals surface area contributed by atoms with Gasteiger partial charge < -0.3 is 15.4 Å². The molecule has 20 heavy (non-hydrogen) atoms. The third kappa shape index (κ3) is 5.21. The van der Waals surface area contributed by atoms with Gasteiger partial charge in [0.2, 0.25) is 0 Å². The van der Waals surface area contributed by atoms with Crippen molar-refractivity contribution in [3.63, 3.8) is 0 Å². The summed E-state index contributed by atoms with van der Waals surface area (Å²) in [6.07, 6.45) is 0.884. The van der Waals surface area contributed by atoms with Gasteiger partial charge in [-0.2, -0.15) is 0 Å². The molecule has 112 valence electrons. The number of carbonyl (C=O) groups excluding carboxylic acids is 1. The van der Waals surface area contributed by atoms with Crippen molar-refractivity contribution in [1.82, 2.24) is 10.6 Å². The lowest BCUT2D eigenvalue weighted by Gasteiger charge is -2.24. The topological polar surface area (TPSA) is 50.4 Å². The molecule has 0 aliphatic heterocycles. The Balaban J connectivity index is 2.48. The van der Waals surface area contributed by atoms with Crippen LogP contribution in [0.25, 0.3) is 0 Å². The van der Waals surface area contributed by atoms with Crippen LogP contribution in [-0.4, -0.2) is 25.1 Å². The van der Waals surface area contributed by atoms with E-state index in [9.17, 15) is 4.79 Å². The zero-order valence-corrected chi connectivity index (χ0v) is 13.1. The van der Waals surface area contributed by atoms with Crippen molar-refractivity contribution in [3.8, 4) is 5.75 Å². The van der Waals surface area contributed by atoms with E-state index in [0.29, 0.717) is 11.8 Å². The smallest absolute Gasteiger partial charge is 0.258 e. The van der Waals surface area contributed by atoms with Crippen molar-refractivity contribution in [2.75, 3.05) is 13.7 Å². The fraction of sp³-hybridized carbons (Fsp3) is 0.562. The number of amides is 1. The van der Waals surface area contributed by atoms with Crippen LogP contribution in [0.3, 0.4) is 0 Å². The second kappa shape index (κ2) is 7.29. The van der Waals surface area contributed by atoms with Gasteiger partial charge in [0.1, 0.15) is 5.75 Å². The number of rotatable bonds is 7. The Morgan fingerprint density at radius 1 is 1.30 bits per heavy atom. The summed E-state index contributed by atoms with van der Waals surface area (Å²) in [6.45, 7) is 8.18. The molecule has 0 aliphatic rings. The highest BCUT2D eigenvalue weighted by molar-refractivity contribution is 5.78. The van der Waals surface area contributed by atoms with Crippen molar-refractivity contribution < 1.29 is 9.53 Å². The summed E-state index contributed by atoms with van der Waals surface area (Å²) >= 11 is 0. The van der Waals surface area contributed by atoms with Crippen LogP contribution in [0.15, 0.2) is 24.3 Å². The van der Waals surface area contributed by atoms with E-state index in [1.807, 2.05) is 52.1 Å². The summed E-state index contributed by atoms with van der Waals surface area (Å²) in [6, 6.07) is 8.09. The first-order chi connectivity index (χ1) is 9.38. The molecule has 0 radical (unpaired) electrons. The largest absolute Gasteiger partial charge is 0.484 e. The molecule has 2 N–H and O–H groups in total. The number of hydrogen-bond acceptors (Lipinski definition) is 3. The normalized spacial score (nSPS) is 12.8. The Hall–Kier alpha value is -1.55. The zero-order valence-electron chi connectivity index (χ0n) is 13.1. The molecule has 0 saturated heterocycles. The minimum Gasteiger partial charge on any atom is -0.484 e. The molecule has 1 atom stereocenters. The first-order valence-corrected chi connectivity index (χ1v) is 7.09. The quantitative estimate of drug-likeness (QED) is 0.806. The van der Waals surface area contributed by atoms with E-state index in [4.69, 9.17) is 4.74 Å². The van der Waals surface area contributed by atoms with Crippen LogP contribution >= 0.6 is 0 Å². The summed E-state index contributed by atoms with van der Waals surface area (Å²) in [5, 5.41) is 6.12. The average Bonchev–Trinajstić information content (AvgIpc) is 2.44. The van der Waals surface area contributed by atoms with Crippen molar-refractivity contribution in [2.45, 2.75) is 45.7 Å². The van der Waals surface area contributed by atoms with Gasteiger partial charge in [0.25, 0.3) is 5.91 Å². The Bertz CT molecular complexity index is 427. The molecule has 1 unspecified atom stereocenters. The summed E-state index contributed by atoms with van der Waals surface area (Å²) in [5.41, 5.74) is 1.00. The highest BCUT2D eigenvalue weighted by Crippen LogP contribution is 2.17. The van der Waals surface area contributed by atoms with Crippen LogP contribution in [-0.2, 0) is 4.79 Å². The highest BCUT2D eigenvalue weighted by atomic mass is 16.5. The fourth-order valence-electron chi connectivity index (χ4n) is 1.67. The first kappa shape index (κ1) is 16.5. The maximum atomic E-state index is 11.8. The van der Waals surface area contributed by atoms with Gasteiger partial charge in [0.05, 0.1) is 0 Å². The van der Waals surface area contributed by atoms with E-state index in [2.05, 4.69) is 17.6 Å². The predicted molar refractivity (Wildman–Crippen MR) is 81.9 cm³/mol. The van der Waals surface area contributed by atoms with Crippen LogP contribution in [0.1, 0.15) is 45.7 Å². The second-order valence-corrected chi connectivity index (χ2v) is 5.65. The third-order valence-electron chi connectivity index (χ3n) is 3.54. The van der Waals surface area contributed by atoms with Crippen molar-refractivity contribution in [3.05, 3.63) is 29.8 Å². The summed E-state index contributed by atoms with van der Waals surface area (Å²) < 4.78 is 5.49. The minimum atomic E-state index is -0.188. The van der Waals surface area contributed by atoms with Crippen LogP contribution in [0.5, 0.6) is 5.75 Å². The Labute approximate surface area is 121 Å². The van der Waals surface area contributed by atoms with Crippen LogP contribution < -0.4 is 15.4 Å². The van der Waals surface area contributed by atoms with Crippen molar-refractivity contribution in [2.24, 2.45) is 0 Å². The van der Waals surface area contributed by atoms with Gasteiger partial charge in [0.15, 0.2) is 6.61 Å². The molecule has 4 nitrogen and oxygen atoms in total. The molecule has 0 aromatic heterocycles. The number of carbonyl (C=O) groups is 1. The molecule has 1 amide bonds. The van der Waals surface area contributed by atoms with Crippen LogP contribution in [0.2, 0.25) is 0 Å². The van der Waals surface area contributed by atoms with Gasteiger partial charge in [-0.25, -0.2) is 0 Å². The van der Waals surface area contributed by atoms with E-state index in [0.717, 1.165) is 6.42 Å². The Morgan fingerprint density at radius 3 is 2.40 bits per heavy atom. The van der Waals surface area contributed by atoms with Crippen molar-refractivity contribution >= 4 is 5.91 Å². The van der Waals surface area contributed by atoms with E-state index >= 15 is 0 Å². The predicted octanol–water partition coefficient (Wildman–Crippen LogP) is 2.65. The van der Waals surface area contributed by atoms with Crippen molar-refractivity contribution in [1.29, 1.82) is 0 Å². The maximum Gasteiger partial charge on any atom is 0.258 e. The number of hydrogen-bond donors (Lipinski definition) is 2. The monoisotopic (exact) mass is 278 g/mol. The molecule has 1 rings (SSSR count). The highest BCUT2D eigenvalue weighted by Gasteiger charge is 2.17. The van der Waals surface area contributed by atoms with Crippen LogP contribution in [0, 0.1) is 0 Å². The molecule has 0 heterocycles. The van der Waals surface area contributed by atoms with Gasteiger partial charge >= 0.3 is 0 Å². The molecule has 0 saturated carbocycles. The minimum absolute atomic E-state index is 0.0460. The van der Waals surface area contributed by atoms with Gasteiger partial charge in [-0.05, 0) is 51.9 Å². The van der Waals surface area contributed by atoms with Gasteiger partial charge in [-0.15, -0.1) is 0 Å². The first-order valence-electron chi connectivity index (χ1n) is 7.09. The summed E-state index contributed by atoms with van der Waals surface area (Å²) in [4.78, 5) is 11.8. The Morgan fingerprint density at radius 2 is 1.90 bits per heavy atom. The molecule has 0 spiro atoms. The van der Waals surface area contributed by atoms with Gasteiger partial charge in [-0.1, -0.05) is 19.1 Å². The zero-order chi connectivity index (χ0) is 15.2. The lowest BCUT2D eigenvalue weighted by molar-refractivity contribution is -0.124. The lowest BCUT2D eigenvalue weighted by Crippen LogP contribution is -2.44. The Kier molecular flexibility index (Phi) is 6.02. The number of ether oxygens (including phenoxy) is 1. The summed E-state index contributed by atoms with van der Waals surface area (Å²) in [5.74, 6) is 0.617. The average molecular weight is 278 g/mol. The van der Waals surface area contributed by atoms with E-state index in [1.165, 1.54) is 5.56 Å². The molecule has 1 aromatic rings. The summed E-state index contributed by atoms with van der Waals surface area (Å²) in [7, 11) is 1.93. The second-order valence-electron chi connectivity index (χ2n) is 5.65. The van der Waals surface area contributed by atoms with Crippen LogP contribution in [0.4, 0.5) is 0 Å². The lowest BCUT2D eigenvalue weighted by atomic mass is 10.0. The standard InChI is InChI=1S/C16H26N2O2/c1-6-16(3,4)18-15(19)11-20-14-9-7-13(8-10-14)12(2)17-5/h7-10,12,17H,6,11H2,1-5H3,(H,18,19). The number of nitrogens with one attached hydrogen (secondary N) is 2. The molecule has 1 aromatic carbocycles. The fourth-order valence-corrected chi connectivity index (χ4v) is 1.67. The van der Waals surface area contributed by atoms with E-state index in [1.54, 1.807) is 0 Å². The van der Waals surface area contributed by atoms with E-state index < -0.39 is 0 Å².